The molecule has 6 atom stereocenters. The van der Waals surface area contributed by atoms with Crippen LogP contribution in [0.4, 0.5) is 10.8 Å². The molecule has 4 aliphatic carbocycles. The van der Waals surface area contributed by atoms with Gasteiger partial charge in [0.25, 0.3) is 0 Å². The Morgan fingerprint density at radius 3 is 2.59 bits per heavy atom. The molecule has 180 valence electrons. The summed E-state index contributed by atoms with van der Waals surface area (Å²) in [6, 6.07) is 10.3. The van der Waals surface area contributed by atoms with Crippen LogP contribution in [0.15, 0.2) is 47.4 Å². The maximum Gasteiger partial charge on any atom is 0.189 e. The van der Waals surface area contributed by atoms with Crippen molar-refractivity contribution in [2.45, 2.75) is 70.8 Å². The molecule has 0 spiro atoms. The topological polar surface area (TPSA) is 53.4 Å². The fourth-order valence-corrected chi connectivity index (χ4v) is 9.25. The fraction of sp³-hybridized carbons (Fsp3) is 0.586. The van der Waals surface area contributed by atoms with E-state index in [9.17, 15) is 9.90 Å². The number of fused-ring (bicyclic) bond motifs is 5. The highest BCUT2D eigenvalue weighted by Gasteiger charge is 2.65. The lowest BCUT2D eigenvalue weighted by Crippen LogP contribution is -2.53. The predicted molar refractivity (Wildman–Crippen MR) is 137 cm³/mol. The van der Waals surface area contributed by atoms with Crippen molar-refractivity contribution in [3.8, 4) is 0 Å². The van der Waals surface area contributed by atoms with E-state index in [1.165, 1.54) is 5.57 Å². The van der Waals surface area contributed by atoms with Gasteiger partial charge in [-0.1, -0.05) is 37.6 Å². The molecular weight excluding hydrogens is 440 g/mol. The molecule has 1 N–H and O–H groups in total. The standard InChI is InChI=1S/C29H36N2O2S/c1-27-14-11-21(32)17-19(27)9-10-22-23(27)12-15-28(2)24(22)13-16-29(28,33)25-18-34-26(30-25)31(3)20-7-5-4-6-8-20/h4-8,17-18,22-24,33H,9-16H2,1-3H3/t22-,23+,24+,27+,28+,29+/m1/s1. The minimum Gasteiger partial charge on any atom is -0.383 e. The highest BCUT2D eigenvalue weighted by atomic mass is 32.1. The summed E-state index contributed by atoms with van der Waals surface area (Å²) in [5, 5.41) is 15.3. The zero-order valence-electron chi connectivity index (χ0n) is 20.6. The Balaban J connectivity index is 1.29. The maximum absolute atomic E-state index is 12.3. The van der Waals surface area contributed by atoms with Crippen LogP contribution in [0, 0.1) is 28.6 Å². The summed E-state index contributed by atoms with van der Waals surface area (Å²) in [5.74, 6) is 2.11. The summed E-state index contributed by atoms with van der Waals surface area (Å²) in [5.41, 5.74) is 2.54. The third-order valence-corrected chi connectivity index (χ3v) is 11.4. The average molecular weight is 477 g/mol. The Labute approximate surface area is 207 Å². The van der Waals surface area contributed by atoms with Gasteiger partial charge in [0.05, 0.1) is 5.69 Å². The Kier molecular flexibility index (Phi) is 5.13. The molecule has 1 heterocycles. The first-order valence-corrected chi connectivity index (χ1v) is 13.9. The number of ketones is 1. The van der Waals surface area contributed by atoms with Crippen molar-refractivity contribution < 1.29 is 9.90 Å². The number of aliphatic hydroxyl groups is 1. The van der Waals surface area contributed by atoms with Crippen LogP contribution in [-0.2, 0) is 10.4 Å². The van der Waals surface area contributed by atoms with Gasteiger partial charge in [0, 0.05) is 30.0 Å². The molecule has 6 rings (SSSR count). The molecule has 0 radical (unpaired) electrons. The number of benzene rings is 1. The molecule has 4 aliphatic rings. The number of anilines is 2. The number of thiazole rings is 1. The third-order valence-electron chi connectivity index (χ3n) is 10.5. The number of hydrogen-bond donors (Lipinski definition) is 1. The first kappa shape index (κ1) is 22.5. The van der Waals surface area contributed by atoms with E-state index in [1.54, 1.807) is 11.3 Å². The highest BCUT2D eigenvalue weighted by Crippen LogP contribution is 2.69. The molecule has 34 heavy (non-hydrogen) atoms. The number of carbonyl (C=O) groups is 1. The van der Waals surface area contributed by atoms with Gasteiger partial charge in [-0.15, -0.1) is 11.3 Å². The quantitative estimate of drug-likeness (QED) is 0.540. The Bertz CT molecular complexity index is 1140. The van der Waals surface area contributed by atoms with Gasteiger partial charge < -0.3 is 10.0 Å². The van der Waals surface area contributed by atoms with Gasteiger partial charge in [-0.05, 0) is 86.3 Å². The minimum atomic E-state index is -0.867. The number of hydrogen-bond acceptors (Lipinski definition) is 5. The van der Waals surface area contributed by atoms with E-state index in [2.05, 4.69) is 43.3 Å². The molecule has 1 aromatic carbocycles. The first-order valence-electron chi connectivity index (χ1n) is 13.0. The Morgan fingerprint density at radius 2 is 1.79 bits per heavy atom. The van der Waals surface area contributed by atoms with Gasteiger partial charge in [-0.3, -0.25) is 4.79 Å². The molecule has 0 unspecified atom stereocenters. The van der Waals surface area contributed by atoms with E-state index in [-0.39, 0.29) is 10.8 Å². The molecule has 0 amide bonds. The Morgan fingerprint density at radius 1 is 1.03 bits per heavy atom. The van der Waals surface area contributed by atoms with Crippen molar-refractivity contribution >= 4 is 27.9 Å². The summed E-state index contributed by atoms with van der Waals surface area (Å²) in [4.78, 5) is 19.2. The number of allylic oxidation sites excluding steroid dienone is 1. The lowest BCUT2D eigenvalue weighted by Gasteiger charge is -2.59. The van der Waals surface area contributed by atoms with Gasteiger partial charge in [0.1, 0.15) is 5.60 Å². The van der Waals surface area contributed by atoms with Crippen LogP contribution in [0.25, 0.3) is 0 Å². The van der Waals surface area contributed by atoms with Gasteiger partial charge in [0.2, 0.25) is 0 Å². The van der Waals surface area contributed by atoms with Gasteiger partial charge in [-0.2, -0.15) is 0 Å². The highest BCUT2D eigenvalue weighted by molar-refractivity contribution is 7.13. The lowest BCUT2D eigenvalue weighted by atomic mass is 9.46. The molecule has 0 bridgehead atoms. The van der Waals surface area contributed by atoms with E-state index < -0.39 is 5.60 Å². The van der Waals surface area contributed by atoms with Crippen molar-refractivity contribution in [3.05, 3.63) is 53.1 Å². The second kappa shape index (κ2) is 7.76. The van der Waals surface area contributed by atoms with E-state index in [1.807, 2.05) is 24.3 Å². The Hall–Kier alpha value is -1.98. The largest absolute Gasteiger partial charge is 0.383 e. The minimum absolute atomic E-state index is 0.146. The molecule has 0 aliphatic heterocycles. The maximum atomic E-state index is 12.3. The second-order valence-corrected chi connectivity index (χ2v) is 12.6. The van der Waals surface area contributed by atoms with Crippen LogP contribution in [0.1, 0.15) is 70.9 Å². The first-order chi connectivity index (χ1) is 16.3. The zero-order chi connectivity index (χ0) is 23.7. The average Bonchev–Trinajstić information content (AvgIpc) is 3.44. The van der Waals surface area contributed by atoms with Crippen LogP contribution >= 0.6 is 11.3 Å². The summed E-state index contributed by atoms with van der Waals surface area (Å²) in [6.07, 6.45) is 9.96. The van der Waals surface area contributed by atoms with Crippen molar-refractivity contribution in [1.29, 1.82) is 0 Å². The van der Waals surface area contributed by atoms with Crippen molar-refractivity contribution in [2.75, 3.05) is 11.9 Å². The molecular formula is C29H36N2O2S. The summed E-state index contributed by atoms with van der Waals surface area (Å²) in [7, 11) is 2.05. The summed E-state index contributed by atoms with van der Waals surface area (Å²) >= 11 is 1.63. The van der Waals surface area contributed by atoms with Gasteiger partial charge in [0.15, 0.2) is 10.9 Å². The number of nitrogens with zero attached hydrogens (tertiary/aromatic N) is 2. The molecule has 4 nitrogen and oxygen atoms in total. The van der Waals surface area contributed by atoms with Crippen LogP contribution in [0.3, 0.4) is 0 Å². The number of carbonyl (C=O) groups excluding carboxylic acids is 1. The van der Waals surface area contributed by atoms with Gasteiger partial charge in [-0.25, -0.2) is 4.98 Å². The molecule has 5 heteroatoms. The van der Waals surface area contributed by atoms with Crippen LogP contribution in [0.5, 0.6) is 0 Å². The van der Waals surface area contributed by atoms with Crippen molar-refractivity contribution in [1.82, 2.24) is 4.98 Å². The molecule has 3 fully saturated rings. The van der Waals surface area contributed by atoms with E-state index >= 15 is 0 Å². The molecule has 3 saturated carbocycles. The van der Waals surface area contributed by atoms with Crippen LogP contribution < -0.4 is 4.90 Å². The summed E-state index contributed by atoms with van der Waals surface area (Å²) in [6.45, 7) is 4.77. The second-order valence-electron chi connectivity index (χ2n) is 11.7. The zero-order valence-corrected chi connectivity index (χ0v) is 21.4. The molecule has 2 aromatic rings. The van der Waals surface area contributed by atoms with E-state index in [0.29, 0.717) is 30.0 Å². The lowest BCUT2D eigenvalue weighted by molar-refractivity contribution is -0.135. The third kappa shape index (κ3) is 3.05. The van der Waals surface area contributed by atoms with E-state index in [0.717, 1.165) is 61.5 Å². The van der Waals surface area contributed by atoms with Crippen LogP contribution in [-0.4, -0.2) is 22.9 Å². The molecule has 1 aromatic heterocycles. The number of rotatable bonds is 3. The number of aromatic nitrogens is 1. The monoisotopic (exact) mass is 476 g/mol. The van der Waals surface area contributed by atoms with Crippen molar-refractivity contribution in [2.24, 2.45) is 28.6 Å². The smallest absolute Gasteiger partial charge is 0.189 e. The fourth-order valence-electron chi connectivity index (χ4n) is 8.37. The van der Waals surface area contributed by atoms with Crippen molar-refractivity contribution in [3.63, 3.8) is 0 Å². The SMILES string of the molecule is CN(c1ccccc1)c1nc([C@@]2(O)CC[C@H]3[C@@H]4CCC5=CC(=O)CC[C@]5(C)[C@H]4CC[C@@]32C)cs1. The van der Waals surface area contributed by atoms with Gasteiger partial charge >= 0.3 is 0 Å². The number of para-hydroxylation sites is 1. The van der Waals surface area contributed by atoms with Crippen LogP contribution in [0.2, 0.25) is 0 Å². The normalized spacial score (nSPS) is 39.1. The summed E-state index contributed by atoms with van der Waals surface area (Å²) < 4.78 is 0. The molecule has 0 saturated heterocycles. The van der Waals surface area contributed by atoms with E-state index in [4.69, 9.17) is 4.98 Å². The predicted octanol–water partition coefficient (Wildman–Crippen LogP) is 6.63.